The fourth-order valence-electron chi connectivity index (χ4n) is 1.69. The summed E-state index contributed by atoms with van der Waals surface area (Å²) in [4.78, 5) is 22.4. The lowest BCUT2D eigenvalue weighted by atomic mass is 10.0. The van der Waals surface area contributed by atoms with Gasteiger partial charge in [-0.3, -0.25) is 14.9 Å². The predicted octanol–water partition coefficient (Wildman–Crippen LogP) is 2.23. The van der Waals surface area contributed by atoms with Crippen LogP contribution in [0.4, 0.5) is 11.4 Å². The molecule has 0 aromatic heterocycles. The number of amides is 1. The number of carbonyl (C=O) groups excluding carboxylic acids is 1. The normalized spacial score (nSPS) is 11.2. The van der Waals surface area contributed by atoms with E-state index in [4.69, 9.17) is 0 Å². The molecule has 0 heterocycles. The molecule has 0 atom stereocenters. The quantitative estimate of drug-likeness (QED) is 0.631. The fourth-order valence-corrected chi connectivity index (χ4v) is 1.69. The predicted molar refractivity (Wildman–Crippen MR) is 74.2 cm³/mol. The average Bonchev–Trinajstić information content (AvgIpc) is 2.31. The minimum absolute atomic E-state index is 0.000873. The summed E-state index contributed by atoms with van der Waals surface area (Å²) in [6.45, 7) is 7.75. The van der Waals surface area contributed by atoms with E-state index in [9.17, 15) is 14.9 Å². The summed E-state index contributed by atoms with van der Waals surface area (Å²) in [5.41, 5.74) is 0.260. The number of nitrogens with zero attached hydrogens (tertiary/aromatic N) is 1. The van der Waals surface area contributed by atoms with E-state index >= 15 is 0 Å². The first-order chi connectivity index (χ1) is 8.77. The Morgan fingerprint density at radius 3 is 2.58 bits per heavy atom. The van der Waals surface area contributed by atoms with E-state index in [0.717, 1.165) is 0 Å². The van der Waals surface area contributed by atoms with Crippen LogP contribution < -0.4 is 10.6 Å². The van der Waals surface area contributed by atoms with Gasteiger partial charge in [0.15, 0.2) is 0 Å². The van der Waals surface area contributed by atoms with Crippen molar-refractivity contribution < 1.29 is 9.72 Å². The molecule has 6 heteroatoms. The number of aryl methyl sites for hydroxylation is 1. The standard InChI is InChI=1S/C13H19N3O3/c1-5-14-13(3,4)12(17)15-10-7-6-9(2)11(8-10)16(18)19/h6-8,14H,5H2,1-4H3,(H,15,17). The topological polar surface area (TPSA) is 84.3 Å². The molecule has 1 amide bonds. The van der Waals surface area contributed by atoms with Crippen LogP contribution in [0, 0.1) is 17.0 Å². The number of hydrogen-bond acceptors (Lipinski definition) is 4. The molecule has 6 nitrogen and oxygen atoms in total. The molecule has 19 heavy (non-hydrogen) atoms. The highest BCUT2D eigenvalue weighted by Gasteiger charge is 2.26. The summed E-state index contributed by atoms with van der Waals surface area (Å²) in [5.74, 6) is -0.229. The second kappa shape index (κ2) is 5.79. The summed E-state index contributed by atoms with van der Waals surface area (Å²) >= 11 is 0. The third-order valence-electron chi connectivity index (χ3n) is 2.85. The minimum atomic E-state index is -0.728. The smallest absolute Gasteiger partial charge is 0.274 e. The van der Waals surface area contributed by atoms with E-state index < -0.39 is 10.5 Å². The minimum Gasteiger partial charge on any atom is -0.324 e. The Labute approximate surface area is 112 Å². The average molecular weight is 265 g/mol. The van der Waals surface area contributed by atoms with E-state index in [-0.39, 0.29) is 11.6 Å². The first-order valence-electron chi connectivity index (χ1n) is 6.09. The van der Waals surface area contributed by atoms with Gasteiger partial charge in [0.1, 0.15) is 0 Å². The lowest BCUT2D eigenvalue weighted by Gasteiger charge is -2.24. The molecule has 0 aliphatic rings. The number of nitrogens with one attached hydrogen (secondary N) is 2. The molecule has 1 rings (SSSR count). The Morgan fingerprint density at radius 1 is 1.42 bits per heavy atom. The van der Waals surface area contributed by atoms with Crippen molar-refractivity contribution in [2.45, 2.75) is 33.2 Å². The summed E-state index contributed by atoms with van der Waals surface area (Å²) < 4.78 is 0. The van der Waals surface area contributed by atoms with Gasteiger partial charge in [-0.05, 0) is 33.4 Å². The Bertz CT molecular complexity index is 498. The Morgan fingerprint density at radius 2 is 2.05 bits per heavy atom. The van der Waals surface area contributed by atoms with Crippen LogP contribution in [0.3, 0.4) is 0 Å². The van der Waals surface area contributed by atoms with Crippen LogP contribution in [0.15, 0.2) is 18.2 Å². The van der Waals surface area contributed by atoms with Crippen LogP contribution in [0.5, 0.6) is 0 Å². The number of hydrogen-bond donors (Lipinski definition) is 2. The molecular weight excluding hydrogens is 246 g/mol. The lowest BCUT2D eigenvalue weighted by Crippen LogP contribution is -2.49. The molecule has 1 aromatic carbocycles. The maximum absolute atomic E-state index is 12.0. The summed E-state index contributed by atoms with van der Waals surface area (Å²) in [7, 11) is 0. The highest BCUT2D eigenvalue weighted by atomic mass is 16.6. The van der Waals surface area contributed by atoms with Gasteiger partial charge in [0.2, 0.25) is 5.91 Å². The molecule has 104 valence electrons. The maximum Gasteiger partial charge on any atom is 0.274 e. The van der Waals surface area contributed by atoms with Gasteiger partial charge >= 0.3 is 0 Å². The van der Waals surface area contributed by atoms with Crippen molar-refractivity contribution in [2.24, 2.45) is 0 Å². The molecule has 0 saturated heterocycles. The summed E-state index contributed by atoms with van der Waals surface area (Å²) in [6.07, 6.45) is 0. The monoisotopic (exact) mass is 265 g/mol. The summed E-state index contributed by atoms with van der Waals surface area (Å²) in [6, 6.07) is 4.64. The Hall–Kier alpha value is -1.95. The van der Waals surface area contributed by atoms with Gasteiger partial charge in [0.25, 0.3) is 5.69 Å². The largest absolute Gasteiger partial charge is 0.324 e. The van der Waals surface area contributed by atoms with Crippen molar-refractivity contribution in [1.29, 1.82) is 0 Å². The van der Waals surface area contributed by atoms with Gasteiger partial charge in [-0.2, -0.15) is 0 Å². The van der Waals surface area contributed by atoms with Crippen molar-refractivity contribution in [2.75, 3.05) is 11.9 Å². The van der Waals surface area contributed by atoms with Crippen LogP contribution in [-0.4, -0.2) is 22.9 Å². The van der Waals surface area contributed by atoms with Crippen LogP contribution in [0.2, 0.25) is 0 Å². The third kappa shape index (κ3) is 3.75. The number of benzene rings is 1. The van der Waals surface area contributed by atoms with Crippen molar-refractivity contribution in [3.8, 4) is 0 Å². The first-order valence-corrected chi connectivity index (χ1v) is 6.09. The first kappa shape index (κ1) is 15.1. The Kier molecular flexibility index (Phi) is 4.61. The number of carbonyl (C=O) groups is 1. The van der Waals surface area contributed by atoms with Crippen molar-refractivity contribution in [1.82, 2.24) is 5.32 Å². The highest BCUT2D eigenvalue weighted by Crippen LogP contribution is 2.22. The van der Waals surface area contributed by atoms with Crippen LogP contribution in [0.1, 0.15) is 26.3 Å². The summed E-state index contributed by atoms with van der Waals surface area (Å²) in [5, 5.41) is 16.6. The molecule has 1 aromatic rings. The second-order valence-electron chi connectivity index (χ2n) is 4.87. The van der Waals surface area contributed by atoms with E-state index in [2.05, 4.69) is 10.6 Å². The molecular formula is C13H19N3O3. The molecule has 0 aliphatic heterocycles. The molecule has 0 unspecified atom stereocenters. The third-order valence-corrected chi connectivity index (χ3v) is 2.85. The van der Waals surface area contributed by atoms with Gasteiger partial charge in [-0.15, -0.1) is 0 Å². The van der Waals surface area contributed by atoms with E-state index in [1.807, 2.05) is 6.92 Å². The number of anilines is 1. The molecule has 2 N–H and O–H groups in total. The maximum atomic E-state index is 12.0. The zero-order chi connectivity index (χ0) is 14.6. The Balaban J connectivity index is 2.92. The van der Waals surface area contributed by atoms with Crippen molar-refractivity contribution in [3.05, 3.63) is 33.9 Å². The van der Waals surface area contributed by atoms with E-state index in [0.29, 0.717) is 17.8 Å². The molecule has 0 spiro atoms. The lowest BCUT2D eigenvalue weighted by molar-refractivity contribution is -0.385. The van der Waals surface area contributed by atoms with Gasteiger partial charge in [0, 0.05) is 17.3 Å². The van der Waals surface area contributed by atoms with E-state index in [1.54, 1.807) is 32.9 Å². The van der Waals surface area contributed by atoms with E-state index in [1.165, 1.54) is 6.07 Å². The van der Waals surface area contributed by atoms with Gasteiger partial charge in [0.05, 0.1) is 10.5 Å². The van der Waals surface area contributed by atoms with Crippen LogP contribution >= 0.6 is 0 Å². The highest BCUT2D eigenvalue weighted by molar-refractivity contribution is 5.97. The molecule has 0 radical (unpaired) electrons. The van der Waals surface area contributed by atoms with Crippen molar-refractivity contribution in [3.63, 3.8) is 0 Å². The number of nitro groups is 1. The van der Waals surface area contributed by atoms with Crippen LogP contribution in [-0.2, 0) is 4.79 Å². The molecule has 0 bridgehead atoms. The van der Waals surface area contributed by atoms with Gasteiger partial charge in [-0.25, -0.2) is 0 Å². The zero-order valence-corrected chi connectivity index (χ0v) is 11.6. The van der Waals surface area contributed by atoms with Crippen LogP contribution in [0.25, 0.3) is 0 Å². The number of nitro benzene ring substituents is 1. The van der Waals surface area contributed by atoms with Crippen molar-refractivity contribution >= 4 is 17.3 Å². The second-order valence-corrected chi connectivity index (χ2v) is 4.87. The molecule has 0 fully saturated rings. The SMILES string of the molecule is CCNC(C)(C)C(=O)Nc1ccc(C)c([N+](=O)[O-])c1. The zero-order valence-electron chi connectivity index (χ0n) is 11.6. The number of likely N-dealkylation sites (N-methyl/N-ethyl adjacent to an activating group) is 1. The fraction of sp³-hybridized carbons (Fsp3) is 0.462. The van der Waals surface area contributed by atoms with Gasteiger partial charge < -0.3 is 10.6 Å². The van der Waals surface area contributed by atoms with Gasteiger partial charge in [-0.1, -0.05) is 13.0 Å². The number of rotatable bonds is 5. The molecule has 0 saturated carbocycles. The molecule has 0 aliphatic carbocycles.